The molecule has 0 aliphatic rings. The molecule has 0 aromatic carbocycles. The molecule has 0 fully saturated rings. The molecule has 0 nitrogen and oxygen atoms in total. The Balaban J connectivity index is 3.09. The van der Waals surface area contributed by atoms with Crippen LogP contribution in [0, 0.1) is 0 Å². The Morgan fingerprint density at radius 2 is 1.00 bits per heavy atom. The van der Waals surface area contributed by atoms with Crippen LogP contribution in [0.5, 0.6) is 0 Å². The third-order valence-corrected chi connectivity index (χ3v) is 4.76. The fraction of sp³-hybridized carbons (Fsp3) is 1.00. The van der Waals surface area contributed by atoms with Crippen LogP contribution in [-0.2, 0) is 0 Å². The van der Waals surface area contributed by atoms with Gasteiger partial charge in [-0.2, -0.15) is 0 Å². The topological polar surface area (TPSA) is 0 Å². The Bertz CT molecular complexity index is 109. The van der Waals surface area contributed by atoms with Crippen molar-refractivity contribution >= 4 is 27.9 Å². The van der Waals surface area contributed by atoms with Crippen molar-refractivity contribution in [2.24, 2.45) is 0 Å². The fourth-order valence-corrected chi connectivity index (χ4v) is 3.15. The molecule has 0 aromatic rings. The monoisotopic (exact) mass is 234 g/mol. The van der Waals surface area contributed by atoms with Crippen molar-refractivity contribution in [2.75, 3.05) is 0 Å². The summed E-state index contributed by atoms with van der Waals surface area (Å²) in [6.45, 7) is 4.59. The minimum atomic E-state index is 1.11. The SMILES string of the molecule is CCCCCCC[CH]([Na])CCCCCCC. The summed E-state index contributed by atoms with van der Waals surface area (Å²) in [6.07, 6.45) is 17.6. The van der Waals surface area contributed by atoms with Gasteiger partial charge in [0.05, 0.1) is 0 Å². The van der Waals surface area contributed by atoms with Gasteiger partial charge in [0.1, 0.15) is 0 Å². The van der Waals surface area contributed by atoms with E-state index in [2.05, 4.69) is 13.8 Å². The van der Waals surface area contributed by atoms with E-state index in [0.717, 1.165) is 3.17 Å². The molecule has 0 saturated carbocycles. The zero-order valence-corrected chi connectivity index (χ0v) is 14.1. The molecule has 0 rings (SSSR count). The molecule has 0 spiro atoms. The molecule has 1 heteroatoms. The predicted octanol–water partition coefficient (Wildman–Crippen LogP) is 5.66. The molecule has 0 N–H and O–H groups in total. The summed E-state index contributed by atoms with van der Waals surface area (Å²) in [7, 11) is 0. The summed E-state index contributed by atoms with van der Waals surface area (Å²) in [6, 6.07) is 0. The average Bonchev–Trinajstić information content (AvgIpc) is 2.28. The van der Waals surface area contributed by atoms with Gasteiger partial charge in [-0.15, -0.1) is 0 Å². The molecule has 0 bridgehead atoms. The van der Waals surface area contributed by atoms with Gasteiger partial charge in [-0.25, -0.2) is 0 Å². The van der Waals surface area contributed by atoms with E-state index in [1.165, 1.54) is 105 Å². The molecular formula is C15H31Na. The number of rotatable bonds is 12. The third kappa shape index (κ3) is 13.1. The van der Waals surface area contributed by atoms with E-state index in [0.29, 0.717) is 0 Å². The second-order valence-corrected chi connectivity index (χ2v) is 7.14. The normalized spacial score (nSPS) is 11.3. The molecule has 0 unspecified atom stereocenters. The van der Waals surface area contributed by atoms with Crippen molar-refractivity contribution in [2.45, 2.75) is 94.1 Å². The van der Waals surface area contributed by atoms with Gasteiger partial charge in [0.25, 0.3) is 0 Å². The van der Waals surface area contributed by atoms with Crippen LogP contribution in [0.3, 0.4) is 0 Å². The molecule has 16 heavy (non-hydrogen) atoms. The number of hydrogen-bond donors (Lipinski definition) is 0. The summed E-state index contributed by atoms with van der Waals surface area (Å²) in [5, 5.41) is 0. The van der Waals surface area contributed by atoms with Crippen LogP contribution in [0.25, 0.3) is 0 Å². The van der Waals surface area contributed by atoms with Crippen LogP contribution < -0.4 is 0 Å². The van der Waals surface area contributed by atoms with Crippen molar-refractivity contribution in [1.82, 2.24) is 0 Å². The summed E-state index contributed by atoms with van der Waals surface area (Å²) < 4.78 is 1.11. The van der Waals surface area contributed by atoms with Gasteiger partial charge >= 0.3 is 122 Å². The quantitative estimate of drug-likeness (QED) is 0.302. The Morgan fingerprint density at radius 3 is 1.38 bits per heavy atom. The molecule has 0 amide bonds. The standard InChI is InChI=1S/C15H31.Na/c1-3-5-7-9-11-13-15-14-12-10-8-6-4-2;/h15H,3-14H2,1-2H3;. The molecule has 0 aromatic heterocycles. The fourth-order valence-electron chi connectivity index (χ4n) is 2.34. The molecule has 0 aliphatic carbocycles. The zero-order valence-electron chi connectivity index (χ0n) is 12.1. The first kappa shape index (κ1) is 17.0. The van der Waals surface area contributed by atoms with Gasteiger partial charge in [-0.3, -0.25) is 0 Å². The second-order valence-electron chi connectivity index (χ2n) is 5.51. The van der Waals surface area contributed by atoms with Crippen LogP contribution in [0.2, 0.25) is 3.17 Å². The Kier molecular flexibility index (Phi) is 14.9. The molecule has 0 heterocycles. The van der Waals surface area contributed by atoms with Gasteiger partial charge in [0, 0.05) is 0 Å². The van der Waals surface area contributed by atoms with Crippen LogP contribution in [0.15, 0.2) is 0 Å². The van der Waals surface area contributed by atoms with E-state index in [4.69, 9.17) is 0 Å². The van der Waals surface area contributed by atoms with E-state index < -0.39 is 0 Å². The third-order valence-electron chi connectivity index (χ3n) is 3.60. The van der Waals surface area contributed by atoms with Crippen molar-refractivity contribution in [1.29, 1.82) is 0 Å². The van der Waals surface area contributed by atoms with Crippen molar-refractivity contribution < 1.29 is 0 Å². The molecule has 0 saturated heterocycles. The summed E-state index contributed by atoms with van der Waals surface area (Å²) in [5.74, 6) is 0. The van der Waals surface area contributed by atoms with E-state index in [1.54, 1.807) is 0 Å². The summed E-state index contributed by atoms with van der Waals surface area (Å²) >= 11 is 1.43. The minimum absolute atomic E-state index is 1.11. The van der Waals surface area contributed by atoms with Crippen LogP contribution in [0.4, 0.5) is 0 Å². The van der Waals surface area contributed by atoms with E-state index in [9.17, 15) is 0 Å². The van der Waals surface area contributed by atoms with Crippen LogP contribution >= 0.6 is 0 Å². The number of unbranched alkanes of at least 4 members (excludes halogenated alkanes) is 8. The molecular weight excluding hydrogens is 203 g/mol. The molecule has 0 atom stereocenters. The van der Waals surface area contributed by atoms with E-state index >= 15 is 0 Å². The Labute approximate surface area is 121 Å². The van der Waals surface area contributed by atoms with E-state index in [-0.39, 0.29) is 0 Å². The summed E-state index contributed by atoms with van der Waals surface area (Å²) in [5.41, 5.74) is 0. The van der Waals surface area contributed by atoms with Crippen molar-refractivity contribution in [3.8, 4) is 0 Å². The van der Waals surface area contributed by atoms with E-state index in [1.807, 2.05) is 0 Å². The van der Waals surface area contributed by atoms with Gasteiger partial charge in [-0.05, 0) is 0 Å². The van der Waals surface area contributed by atoms with Crippen LogP contribution in [0.1, 0.15) is 90.9 Å². The first-order chi connectivity index (χ1) is 7.81. The predicted molar refractivity (Wildman–Crippen MR) is 76.3 cm³/mol. The second kappa shape index (κ2) is 14.1. The Morgan fingerprint density at radius 1 is 0.625 bits per heavy atom. The zero-order chi connectivity index (χ0) is 12.1. The Hall–Kier alpha value is 1.00. The molecule has 92 valence electrons. The summed E-state index contributed by atoms with van der Waals surface area (Å²) in [4.78, 5) is 0. The van der Waals surface area contributed by atoms with Crippen molar-refractivity contribution in [3.63, 3.8) is 0 Å². The maximum atomic E-state index is 2.30. The average molecular weight is 234 g/mol. The molecule has 0 aliphatic heterocycles. The van der Waals surface area contributed by atoms with Crippen molar-refractivity contribution in [3.05, 3.63) is 0 Å². The van der Waals surface area contributed by atoms with Gasteiger partial charge in [0.2, 0.25) is 0 Å². The first-order valence-electron chi connectivity index (χ1n) is 7.81. The van der Waals surface area contributed by atoms with Crippen LogP contribution in [-0.4, -0.2) is 27.9 Å². The number of hydrogen-bond acceptors (Lipinski definition) is 0. The van der Waals surface area contributed by atoms with Gasteiger partial charge in [-0.1, -0.05) is 0 Å². The maximum absolute atomic E-state index is 2.30. The van der Waals surface area contributed by atoms with Gasteiger partial charge < -0.3 is 0 Å². The van der Waals surface area contributed by atoms with Gasteiger partial charge in [0.15, 0.2) is 0 Å². The molecule has 0 radical (unpaired) electrons. The first-order valence-corrected chi connectivity index (χ1v) is 8.96.